The molecule has 1 aromatic carbocycles. The standard InChI is InChI=1S/C13H14N2O2/c1-17-12(10-5-3-2-4-6-10)13-14-8-7-11(9-16)15-13/h2-8,12,16H,9H2,1H3. The summed E-state index contributed by atoms with van der Waals surface area (Å²) in [6, 6.07) is 11.4. The quantitative estimate of drug-likeness (QED) is 0.868. The number of nitrogens with zero attached hydrogens (tertiary/aromatic N) is 2. The molecule has 1 atom stereocenters. The van der Waals surface area contributed by atoms with E-state index in [2.05, 4.69) is 9.97 Å². The zero-order valence-corrected chi connectivity index (χ0v) is 9.58. The topological polar surface area (TPSA) is 55.2 Å². The molecular weight excluding hydrogens is 216 g/mol. The third-order valence-corrected chi connectivity index (χ3v) is 2.47. The van der Waals surface area contributed by atoms with E-state index in [1.807, 2.05) is 30.3 Å². The van der Waals surface area contributed by atoms with E-state index in [9.17, 15) is 0 Å². The van der Waals surface area contributed by atoms with Crippen LogP contribution in [0.3, 0.4) is 0 Å². The summed E-state index contributed by atoms with van der Waals surface area (Å²) < 4.78 is 5.42. The normalized spacial score (nSPS) is 12.4. The van der Waals surface area contributed by atoms with Gasteiger partial charge in [0.2, 0.25) is 0 Å². The van der Waals surface area contributed by atoms with E-state index >= 15 is 0 Å². The second kappa shape index (κ2) is 5.52. The maximum absolute atomic E-state index is 9.06. The number of aliphatic hydroxyl groups excluding tert-OH is 1. The fraction of sp³-hybridized carbons (Fsp3) is 0.231. The zero-order valence-electron chi connectivity index (χ0n) is 9.58. The van der Waals surface area contributed by atoms with Crippen molar-refractivity contribution < 1.29 is 9.84 Å². The highest BCUT2D eigenvalue weighted by Crippen LogP contribution is 2.21. The number of hydrogen-bond acceptors (Lipinski definition) is 4. The predicted octanol–water partition coefficient (Wildman–Crippen LogP) is 1.70. The van der Waals surface area contributed by atoms with Gasteiger partial charge in [-0.2, -0.15) is 0 Å². The smallest absolute Gasteiger partial charge is 0.162 e. The summed E-state index contributed by atoms with van der Waals surface area (Å²) in [5.74, 6) is 0.560. The van der Waals surface area contributed by atoms with E-state index in [-0.39, 0.29) is 12.7 Å². The maximum Gasteiger partial charge on any atom is 0.162 e. The number of ether oxygens (including phenoxy) is 1. The molecule has 0 radical (unpaired) electrons. The van der Waals surface area contributed by atoms with Crippen LogP contribution in [-0.2, 0) is 11.3 Å². The van der Waals surface area contributed by atoms with E-state index in [4.69, 9.17) is 9.84 Å². The maximum atomic E-state index is 9.06. The summed E-state index contributed by atoms with van der Waals surface area (Å²) in [5.41, 5.74) is 1.58. The summed E-state index contributed by atoms with van der Waals surface area (Å²) in [6.45, 7) is -0.0965. The van der Waals surface area contributed by atoms with Crippen molar-refractivity contribution in [1.29, 1.82) is 0 Å². The number of rotatable bonds is 4. The van der Waals surface area contributed by atoms with Gasteiger partial charge in [0.05, 0.1) is 12.3 Å². The number of aromatic nitrogens is 2. The van der Waals surface area contributed by atoms with Gasteiger partial charge in [-0.05, 0) is 11.6 Å². The first-order valence-electron chi connectivity index (χ1n) is 5.35. The number of hydrogen-bond donors (Lipinski definition) is 1. The first-order valence-corrected chi connectivity index (χ1v) is 5.35. The molecule has 4 heteroatoms. The Hall–Kier alpha value is -1.78. The first-order chi connectivity index (χ1) is 8.35. The van der Waals surface area contributed by atoms with Gasteiger partial charge in [-0.1, -0.05) is 30.3 Å². The summed E-state index contributed by atoms with van der Waals surface area (Å²) in [6.07, 6.45) is 1.32. The molecule has 0 saturated carbocycles. The Bertz CT molecular complexity index is 474. The van der Waals surface area contributed by atoms with E-state index < -0.39 is 0 Å². The second-order valence-corrected chi connectivity index (χ2v) is 3.59. The Morgan fingerprint density at radius 2 is 2.00 bits per heavy atom. The van der Waals surface area contributed by atoms with Gasteiger partial charge in [0.25, 0.3) is 0 Å². The highest BCUT2D eigenvalue weighted by molar-refractivity contribution is 5.23. The molecule has 0 aliphatic carbocycles. The lowest BCUT2D eigenvalue weighted by atomic mass is 10.1. The Labute approximate surface area is 99.9 Å². The van der Waals surface area contributed by atoms with Gasteiger partial charge < -0.3 is 9.84 Å². The van der Waals surface area contributed by atoms with Gasteiger partial charge in [-0.25, -0.2) is 9.97 Å². The molecule has 4 nitrogen and oxygen atoms in total. The summed E-state index contributed by atoms with van der Waals surface area (Å²) in [4.78, 5) is 8.44. The van der Waals surface area contributed by atoms with Crippen LogP contribution in [0.15, 0.2) is 42.6 Å². The summed E-state index contributed by atoms with van der Waals surface area (Å²) in [5, 5.41) is 9.06. The van der Waals surface area contributed by atoms with Crippen molar-refractivity contribution in [3.8, 4) is 0 Å². The van der Waals surface area contributed by atoms with Crippen LogP contribution in [0.1, 0.15) is 23.2 Å². The molecule has 1 N–H and O–H groups in total. The van der Waals surface area contributed by atoms with Crippen LogP contribution in [0, 0.1) is 0 Å². The minimum Gasteiger partial charge on any atom is -0.390 e. The SMILES string of the molecule is COC(c1ccccc1)c1nccc(CO)n1. The largest absolute Gasteiger partial charge is 0.390 e. The number of benzene rings is 1. The van der Waals surface area contributed by atoms with Gasteiger partial charge >= 0.3 is 0 Å². The molecule has 2 rings (SSSR count). The molecule has 0 spiro atoms. The summed E-state index contributed by atoms with van der Waals surface area (Å²) >= 11 is 0. The molecular formula is C13H14N2O2. The van der Waals surface area contributed by atoms with E-state index in [1.165, 1.54) is 0 Å². The molecule has 0 aliphatic rings. The van der Waals surface area contributed by atoms with Crippen LogP contribution in [0.2, 0.25) is 0 Å². The van der Waals surface area contributed by atoms with Gasteiger partial charge in [0, 0.05) is 13.3 Å². The fourth-order valence-corrected chi connectivity index (χ4v) is 1.65. The van der Waals surface area contributed by atoms with Gasteiger partial charge in [0.15, 0.2) is 5.82 Å². The minimum absolute atomic E-state index is 0.0965. The van der Waals surface area contributed by atoms with Crippen molar-refractivity contribution in [3.05, 3.63) is 59.7 Å². The lowest BCUT2D eigenvalue weighted by molar-refractivity contribution is 0.128. The first kappa shape index (κ1) is 11.7. The molecule has 2 aromatic rings. The molecule has 0 fully saturated rings. The molecule has 0 aliphatic heterocycles. The molecule has 0 amide bonds. The molecule has 1 heterocycles. The molecule has 17 heavy (non-hydrogen) atoms. The fourth-order valence-electron chi connectivity index (χ4n) is 1.65. The van der Waals surface area contributed by atoms with Gasteiger partial charge in [0.1, 0.15) is 6.10 Å². The lowest BCUT2D eigenvalue weighted by Crippen LogP contribution is -2.09. The third kappa shape index (κ3) is 2.67. The van der Waals surface area contributed by atoms with Crippen molar-refractivity contribution >= 4 is 0 Å². The van der Waals surface area contributed by atoms with Crippen LogP contribution < -0.4 is 0 Å². The zero-order chi connectivity index (χ0) is 12.1. The Balaban J connectivity index is 2.35. The minimum atomic E-state index is -0.303. The van der Waals surface area contributed by atoms with Crippen molar-refractivity contribution in [2.45, 2.75) is 12.7 Å². The summed E-state index contributed by atoms with van der Waals surface area (Å²) in [7, 11) is 1.62. The Kier molecular flexibility index (Phi) is 3.80. The molecule has 88 valence electrons. The average Bonchev–Trinajstić information content (AvgIpc) is 2.41. The predicted molar refractivity (Wildman–Crippen MR) is 63.2 cm³/mol. The van der Waals surface area contributed by atoms with Gasteiger partial charge in [-0.15, -0.1) is 0 Å². The van der Waals surface area contributed by atoms with Crippen molar-refractivity contribution in [2.24, 2.45) is 0 Å². The van der Waals surface area contributed by atoms with Crippen LogP contribution in [0.25, 0.3) is 0 Å². The van der Waals surface area contributed by atoms with E-state index in [1.54, 1.807) is 19.4 Å². The lowest BCUT2D eigenvalue weighted by Gasteiger charge is -2.14. The monoisotopic (exact) mass is 230 g/mol. The highest BCUT2D eigenvalue weighted by atomic mass is 16.5. The van der Waals surface area contributed by atoms with Crippen LogP contribution in [0.5, 0.6) is 0 Å². The molecule has 1 aromatic heterocycles. The molecule has 1 unspecified atom stereocenters. The average molecular weight is 230 g/mol. The Morgan fingerprint density at radius 1 is 1.24 bits per heavy atom. The van der Waals surface area contributed by atoms with E-state index in [0.29, 0.717) is 11.5 Å². The number of aliphatic hydroxyl groups is 1. The third-order valence-electron chi connectivity index (χ3n) is 2.47. The molecule has 0 saturated heterocycles. The van der Waals surface area contributed by atoms with Crippen LogP contribution in [-0.4, -0.2) is 22.2 Å². The van der Waals surface area contributed by atoms with Gasteiger partial charge in [-0.3, -0.25) is 0 Å². The molecule has 0 bridgehead atoms. The van der Waals surface area contributed by atoms with Crippen LogP contribution >= 0.6 is 0 Å². The van der Waals surface area contributed by atoms with Crippen molar-refractivity contribution in [2.75, 3.05) is 7.11 Å². The highest BCUT2D eigenvalue weighted by Gasteiger charge is 2.16. The van der Waals surface area contributed by atoms with Crippen LogP contribution in [0.4, 0.5) is 0 Å². The van der Waals surface area contributed by atoms with Crippen molar-refractivity contribution in [3.63, 3.8) is 0 Å². The second-order valence-electron chi connectivity index (χ2n) is 3.59. The number of methoxy groups -OCH3 is 1. The van der Waals surface area contributed by atoms with Crippen molar-refractivity contribution in [1.82, 2.24) is 9.97 Å². The Morgan fingerprint density at radius 3 is 2.65 bits per heavy atom. The van der Waals surface area contributed by atoms with E-state index in [0.717, 1.165) is 5.56 Å².